The average molecular weight is 358 g/mol. The van der Waals surface area contributed by atoms with Gasteiger partial charge in [-0.25, -0.2) is 8.42 Å². The molecule has 2 amide bonds. The first-order valence-electron chi connectivity index (χ1n) is 7.74. The highest BCUT2D eigenvalue weighted by Gasteiger charge is 2.33. The van der Waals surface area contributed by atoms with E-state index in [0.717, 1.165) is 6.42 Å². The van der Waals surface area contributed by atoms with Crippen molar-refractivity contribution in [2.24, 2.45) is 0 Å². The Morgan fingerprint density at radius 3 is 2.78 bits per heavy atom. The smallest absolute Gasteiger partial charge is 0.261 e. The molecule has 0 spiro atoms. The predicted octanol–water partition coefficient (Wildman–Crippen LogP) is 1.29. The fourth-order valence-corrected chi connectivity index (χ4v) is 5.07. The van der Waals surface area contributed by atoms with Crippen LogP contribution in [0.4, 0.5) is 0 Å². The molecule has 8 heteroatoms. The van der Waals surface area contributed by atoms with Crippen LogP contribution in [0.15, 0.2) is 17.5 Å². The van der Waals surface area contributed by atoms with Crippen LogP contribution in [0.25, 0.3) is 0 Å². The van der Waals surface area contributed by atoms with Crippen molar-refractivity contribution in [1.82, 2.24) is 10.2 Å². The van der Waals surface area contributed by atoms with E-state index in [-0.39, 0.29) is 42.3 Å². The van der Waals surface area contributed by atoms with Gasteiger partial charge in [-0.05, 0) is 24.3 Å². The van der Waals surface area contributed by atoms with Crippen LogP contribution in [0.2, 0.25) is 0 Å². The Bertz CT molecular complexity index is 640. The monoisotopic (exact) mass is 358 g/mol. The Balaban J connectivity index is 1.85. The minimum Gasteiger partial charge on any atom is -0.351 e. The van der Waals surface area contributed by atoms with Crippen LogP contribution in [0.1, 0.15) is 35.9 Å². The molecule has 1 unspecified atom stereocenters. The molecule has 0 bridgehead atoms. The number of carbonyl (C=O) groups excluding carboxylic acids is 2. The Morgan fingerprint density at radius 1 is 1.43 bits per heavy atom. The van der Waals surface area contributed by atoms with Crippen molar-refractivity contribution in [3.63, 3.8) is 0 Å². The topological polar surface area (TPSA) is 83.6 Å². The van der Waals surface area contributed by atoms with Gasteiger partial charge in [0.1, 0.15) is 0 Å². The molecule has 1 aromatic heterocycles. The second-order valence-electron chi connectivity index (χ2n) is 5.63. The van der Waals surface area contributed by atoms with Crippen LogP contribution in [-0.2, 0) is 14.6 Å². The van der Waals surface area contributed by atoms with Gasteiger partial charge in [0, 0.05) is 25.6 Å². The summed E-state index contributed by atoms with van der Waals surface area (Å²) in [6.07, 6.45) is 1.48. The first kappa shape index (κ1) is 17.9. The zero-order valence-electron chi connectivity index (χ0n) is 13.2. The van der Waals surface area contributed by atoms with Crippen molar-refractivity contribution >= 4 is 33.0 Å². The van der Waals surface area contributed by atoms with Crippen molar-refractivity contribution in [2.75, 3.05) is 24.6 Å². The summed E-state index contributed by atoms with van der Waals surface area (Å²) in [5.41, 5.74) is 0. The maximum atomic E-state index is 12.4. The Hall–Kier alpha value is -1.41. The number of sulfone groups is 1. The summed E-state index contributed by atoms with van der Waals surface area (Å²) >= 11 is 1.35. The molecule has 1 atom stereocenters. The van der Waals surface area contributed by atoms with E-state index in [9.17, 15) is 18.0 Å². The SMILES string of the molecule is CCCN(C(=O)CCNC(=O)c1cccs1)C1CCS(=O)(=O)C1. The molecule has 1 saturated heterocycles. The summed E-state index contributed by atoms with van der Waals surface area (Å²) in [7, 11) is -3.02. The van der Waals surface area contributed by atoms with Crippen LogP contribution < -0.4 is 5.32 Å². The third-order valence-corrected chi connectivity index (χ3v) is 6.42. The van der Waals surface area contributed by atoms with Gasteiger partial charge in [-0.2, -0.15) is 0 Å². The van der Waals surface area contributed by atoms with Gasteiger partial charge in [0.15, 0.2) is 9.84 Å². The lowest BCUT2D eigenvalue weighted by Crippen LogP contribution is -2.42. The second-order valence-corrected chi connectivity index (χ2v) is 8.80. The number of rotatable bonds is 7. The normalized spacial score (nSPS) is 19.4. The number of nitrogens with zero attached hydrogens (tertiary/aromatic N) is 1. The van der Waals surface area contributed by atoms with Crippen LogP contribution in [0.3, 0.4) is 0 Å². The molecule has 1 aliphatic heterocycles. The molecule has 2 heterocycles. The van der Waals surface area contributed by atoms with E-state index in [2.05, 4.69) is 5.32 Å². The highest BCUT2D eigenvalue weighted by Crippen LogP contribution is 2.19. The molecule has 1 aliphatic rings. The fourth-order valence-electron chi connectivity index (χ4n) is 2.69. The first-order chi connectivity index (χ1) is 10.9. The van der Waals surface area contributed by atoms with Gasteiger partial charge in [0.25, 0.3) is 5.91 Å². The van der Waals surface area contributed by atoms with Crippen molar-refractivity contribution in [3.05, 3.63) is 22.4 Å². The molecule has 1 aromatic rings. The number of thiophene rings is 1. The highest BCUT2D eigenvalue weighted by molar-refractivity contribution is 7.91. The van der Waals surface area contributed by atoms with E-state index >= 15 is 0 Å². The molecule has 1 fully saturated rings. The molecule has 2 rings (SSSR count). The second kappa shape index (κ2) is 7.92. The number of hydrogen-bond donors (Lipinski definition) is 1. The molecule has 6 nitrogen and oxygen atoms in total. The van der Waals surface area contributed by atoms with E-state index in [1.165, 1.54) is 11.3 Å². The zero-order chi connectivity index (χ0) is 16.9. The van der Waals surface area contributed by atoms with E-state index in [1.54, 1.807) is 17.0 Å². The van der Waals surface area contributed by atoms with Crippen molar-refractivity contribution in [2.45, 2.75) is 32.2 Å². The van der Waals surface area contributed by atoms with Gasteiger partial charge >= 0.3 is 0 Å². The van der Waals surface area contributed by atoms with E-state index in [4.69, 9.17) is 0 Å². The number of nitrogens with one attached hydrogen (secondary N) is 1. The number of hydrogen-bond acceptors (Lipinski definition) is 5. The van der Waals surface area contributed by atoms with Crippen molar-refractivity contribution in [1.29, 1.82) is 0 Å². The fraction of sp³-hybridized carbons (Fsp3) is 0.600. The lowest BCUT2D eigenvalue weighted by molar-refractivity contribution is -0.132. The molecular weight excluding hydrogens is 336 g/mol. The van der Waals surface area contributed by atoms with Gasteiger partial charge in [0.2, 0.25) is 5.91 Å². The Morgan fingerprint density at radius 2 is 2.22 bits per heavy atom. The molecule has 23 heavy (non-hydrogen) atoms. The zero-order valence-corrected chi connectivity index (χ0v) is 14.8. The van der Waals surface area contributed by atoms with Crippen LogP contribution >= 0.6 is 11.3 Å². The quantitative estimate of drug-likeness (QED) is 0.796. The summed E-state index contributed by atoms with van der Waals surface area (Å²) < 4.78 is 23.2. The van der Waals surface area contributed by atoms with Gasteiger partial charge in [-0.1, -0.05) is 13.0 Å². The molecule has 128 valence electrons. The maximum Gasteiger partial charge on any atom is 0.261 e. The average Bonchev–Trinajstić information content (AvgIpc) is 3.14. The Labute approximate surface area is 140 Å². The highest BCUT2D eigenvalue weighted by atomic mass is 32.2. The molecule has 0 radical (unpaired) electrons. The first-order valence-corrected chi connectivity index (χ1v) is 10.4. The molecule has 0 aromatic carbocycles. The molecule has 0 aliphatic carbocycles. The van der Waals surface area contributed by atoms with Crippen LogP contribution in [-0.4, -0.2) is 55.8 Å². The summed E-state index contributed by atoms with van der Waals surface area (Å²) in [4.78, 5) is 26.5. The van der Waals surface area contributed by atoms with Crippen molar-refractivity contribution < 1.29 is 18.0 Å². The maximum absolute atomic E-state index is 12.4. The number of carbonyl (C=O) groups is 2. The standard InChI is InChI=1S/C15H22N2O4S2/c1-2-8-17(12-6-10-23(20,21)11-12)14(18)5-7-16-15(19)13-4-3-9-22-13/h3-4,9,12H,2,5-8,10-11H2,1H3,(H,16,19). The van der Waals surface area contributed by atoms with Crippen LogP contribution in [0, 0.1) is 0 Å². The predicted molar refractivity (Wildman–Crippen MR) is 90.3 cm³/mol. The number of amides is 2. The summed E-state index contributed by atoms with van der Waals surface area (Å²) in [6.45, 7) is 2.77. The summed E-state index contributed by atoms with van der Waals surface area (Å²) in [6, 6.07) is 3.31. The molecule has 1 N–H and O–H groups in total. The third-order valence-electron chi connectivity index (χ3n) is 3.80. The minimum atomic E-state index is -3.02. The van der Waals surface area contributed by atoms with E-state index in [1.807, 2.05) is 12.3 Å². The summed E-state index contributed by atoms with van der Waals surface area (Å²) in [5.74, 6) is -0.0701. The summed E-state index contributed by atoms with van der Waals surface area (Å²) in [5, 5.41) is 4.55. The third kappa shape index (κ3) is 5.04. The lowest BCUT2D eigenvalue weighted by Gasteiger charge is -2.28. The Kier molecular flexibility index (Phi) is 6.17. The molecule has 0 saturated carbocycles. The minimum absolute atomic E-state index is 0.0558. The van der Waals surface area contributed by atoms with Crippen LogP contribution in [0.5, 0.6) is 0 Å². The van der Waals surface area contributed by atoms with Gasteiger partial charge in [0.05, 0.1) is 16.4 Å². The van der Waals surface area contributed by atoms with Gasteiger partial charge < -0.3 is 10.2 Å². The van der Waals surface area contributed by atoms with Crippen molar-refractivity contribution in [3.8, 4) is 0 Å². The van der Waals surface area contributed by atoms with Gasteiger partial charge in [-0.3, -0.25) is 9.59 Å². The van der Waals surface area contributed by atoms with Gasteiger partial charge in [-0.15, -0.1) is 11.3 Å². The largest absolute Gasteiger partial charge is 0.351 e. The molecular formula is C15H22N2O4S2. The lowest BCUT2D eigenvalue weighted by atomic mass is 10.2. The van der Waals surface area contributed by atoms with E-state index in [0.29, 0.717) is 17.8 Å². The van der Waals surface area contributed by atoms with E-state index < -0.39 is 9.84 Å².